The molecule has 1 rings (SSSR count). The Hall–Kier alpha value is -1.19. The topological polar surface area (TPSA) is 106 Å². The summed E-state index contributed by atoms with van der Waals surface area (Å²) in [6, 6.07) is 2.66. The lowest BCUT2D eigenvalue weighted by molar-refractivity contribution is 0.463. The molecule has 0 atom stereocenters. The number of benzene rings is 1. The van der Waals surface area contributed by atoms with Crippen molar-refractivity contribution in [1.29, 1.82) is 0 Å². The maximum absolute atomic E-state index is 13.6. The highest BCUT2D eigenvalue weighted by molar-refractivity contribution is 7.92. The average molecular weight is 324 g/mol. The van der Waals surface area contributed by atoms with Gasteiger partial charge in [-0.3, -0.25) is 4.72 Å². The van der Waals surface area contributed by atoms with Gasteiger partial charge in [0.05, 0.1) is 16.3 Å². The molecule has 0 spiro atoms. The first-order chi connectivity index (χ1) is 8.80. The number of hydrogen-bond donors (Lipinski definition) is 2. The van der Waals surface area contributed by atoms with Crippen molar-refractivity contribution in [2.75, 3.05) is 10.5 Å². The van der Waals surface area contributed by atoms with E-state index in [0.717, 1.165) is 18.2 Å². The molecule has 0 bridgehead atoms. The third-order valence-electron chi connectivity index (χ3n) is 2.15. The van der Waals surface area contributed by atoms with Crippen molar-refractivity contribution in [1.82, 2.24) is 0 Å². The SMILES string of the molecule is CC(C)(C)CS(=O)(=O)Nc1cc(S(N)(=O)=O)ccc1F. The summed E-state index contributed by atoms with van der Waals surface area (Å²) in [4.78, 5) is -0.368. The molecule has 0 aliphatic rings. The smallest absolute Gasteiger partial charge is 0.238 e. The van der Waals surface area contributed by atoms with Crippen molar-refractivity contribution in [3.05, 3.63) is 24.0 Å². The van der Waals surface area contributed by atoms with Crippen LogP contribution in [0.1, 0.15) is 20.8 Å². The van der Waals surface area contributed by atoms with Gasteiger partial charge in [-0.15, -0.1) is 0 Å². The van der Waals surface area contributed by atoms with E-state index in [1.165, 1.54) is 0 Å². The third-order valence-corrected chi connectivity index (χ3v) is 4.84. The number of nitrogens with one attached hydrogen (secondary N) is 1. The molecular weight excluding hydrogens is 307 g/mol. The van der Waals surface area contributed by atoms with Gasteiger partial charge in [0.1, 0.15) is 5.82 Å². The summed E-state index contributed by atoms with van der Waals surface area (Å²) in [5.41, 5.74) is -0.972. The number of halogens is 1. The lowest BCUT2D eigenvalue weighted by Gasteiger charge is -2.19. The number of sulfonamides is 2. The minimum absolute atomic E-state index is 0.237. The van der Waals surface area contributed by atoms with Crippen LogP contribution in [0.4, 0.5) is 10.1 Å². The van der Waals surface area contributed by atoms with E-state index in [2.05, 4.69) is 0 Å². The van der Waals surface area contributed by atoms with Gasteiger partial charge < -0.3 is 0 Å². The minimum atomic E-state index is -4.03. The maximum atomic E-state index is 13.6. The Bertz CT molecular complexity index is 706. The summed E-state index contributed by atoms with van der Waals surface area (Å²) < 4.78 is 61.7. The first kappa shape index (κ1) is 16.9. The lowest BCUT2D eigenvalue weighted by Crippen LogP contribution is -2.26. The van der Waals surface area contributed by atoms with E-state index in [4.69, 9.17) is 5.14 Å². The third kappa shape index (κ3) is 5.06. The van der Waals surface area contributed by atoms with Gasteiger partial charge in [-0.1, -0.05) is 20.8 Å². The average Bonchev–Trinajstić information content (AvgIpc) is 2.15. The molecule has 0 saturated carbocycles. The van der Waals surface area contributed by atoms with Gasteiger partial charge in [-0.2, -0.15) is 0 Å². The summed E-state index contributed by atoms with van der Waals surface area (Å²) in [5.74, 6) is -1.12. The molecule has 3 N–H and O–H groups in total. The van der Waals surface area contributed by atoms with Gasteiger partial charge in [-0.05, 0) is 23.6 Å². The second kappa shape index (κ2) is 5.30. The van der Waals surface area contributed by atoms with Crippen LogP contribution in [-0.4, -0.2) is 22.6 Å². The van der Waals surface area contributed by atoms with Crippen molar-refractivity contribution < 1.29 is 21.2 Å². The van der Waals surface area contributed by atoms with Crippen molar-refractivity contribution in [3.8, 4) is 0 Å². The van der Waals surface area contributed by atoms with E-state index in [0.29, 0.717) is 0 Å². The van der Waals surface area contributed by atoms with Crippen LogP contribution in [0.15, 0.2) is 23.1 Å². The van der Waals surface area contributed by atoms with Crippen molar-refractivity contribution in [2.24, 2.45) is 10.6 Å². The van der Waals surface area contributed by atoms with Crippen LogP contribution in [-0.2, 0) is 20.0 Å². The highest BCUT2D eigenvalue weighted by atomic mass is 32.2. The van der Waals surface area contributed by atoms with Gasteiger partial charge >= 0.3 is 0 Å². The van der Waals surface area contributed by atoms with E-state index in [1.807, 2.05) is 4.72 Å². The molecule has 0 aliphatic carbocycles. The van der Waals surface area contributed by atoms with Gasteiger partial charge in [0.2, 0.25) is 20.0 Å². The van der Waals surface area contributed by atoms with E-state index in [9.17, 15) is 21.2 Å². The Kier molecular flexibility index (Phi) is 4.47. The molecule has 0 radical (unpaired) electrons. The molecule has 0 heterocycles. The maximum Gasteiger partial charge on any atom is 0.238 e. The minimum Gasteiger partial charge on any atom is -0.281 e. The van der Waals surface area contributed by atoms with Crippen LogP contribution in [0.2, 0.25) is 0 Å². The molecule has 0 saturated heterocycles. The van der Waals surface area contributed by atoms with Crippen molar-refractivity contribution in [2.45, 2.75) is 25.7 Å². The van der Waals surface area contributed by atoms with Gasteiger partial charge in [0.25, 0.3) is 0 Å². The molecule has 1 aromatic carbocycles. The molecular formula is C11H17FN2O4S2. The predicted octanol–water partition coefficient (Wildman–Crippen LogP) is 1.26. The Morgan fingerprint density at radius 2 is 1.75 bits per heavy atom. The number of nitrogens with two attached hydrogens (primary N) is 1. The number of hydrogen-bond acceptors (Lipinski definition) is 4. The Labute approximate surface area is 118 Å². The van der Waals surface area contributed by atoms with Crippen molar-refractivity contribution in [3.63, 3.8) is 0 Å². The second-order valence-electron chi connectivity index (χ2n) is 5.61. The summed E-state index contributed by atoms with van der Waals surface area (Å²) in [7, 11) is -7.84. The Balaban J connectivity index is 3.16. The van der Waals surface area contributed by atoms with Gasteiger partial charge in [0.15, 0.2) is 0 Å². The number of rotatable bonds is 4. The van der Waals surface area contributed by atoms with Crippen LogP contribution in [0.3, 0.4) is 0 Å². The summed E-state index contributed by atoms with van der Waals surface area (Å²) in [5, 5.41) is 4.91. The van der Waals surface area contributed by atoms with E-state index < -0.39 is 37.0 Å². The first-order valence-corrected chi connectivity index (χ1v) is 8.83. The molecule has 20 heavy (non-hydrogen) atoms. The fourth-order valence-electron chi connectivity index (χ4n) is 1.53. The zero-order chi connectivity index (χ0) is 15.8. The highest BCUT2D eigenvalue weighted by Crippen LogP contribution is 2.22. The normalized spacial score (nSPS) is 13.2. The predicted molar refractivity (Wildman–Crippen MR) is 74.6 cm³/mol. The highest BCUT2D eigenvalue weighted by Gasteiger charge is 2.23. The van der Waals surface area contributed by atoms with E-state index in [-0.39, 0.29) is 10.6 Å². The number of anilines is 1. The standard InChI is InChI=1S/C11H17FN2O4S2/c1-11(2,3)7-19(15,16)14-10-6-8(20(13,17)18)4-5-9(10)12/h4-6,14H,7H2,1-3H3,(H2,13,17,18). The molecule has 0 aliphatic heterocycles. The fourth-order valence-corrected chi connectivity index (χ4v) is 3.78. The summed E-state index contributed by atoms with van der Waals surface area (Å²) >= 11 is 0. The number of primary sulfonamides is 1. The molecule has 6 nitrogen and oxygen atoms in total. The Morgan fingerprint density at radius 1 is 1.20 bits per heavy atom. The van der Waals surface area contributed by atoms with Gasteiger partial charge in [-0.25, -0.2) is 26.4 Å². The summed E-state index contributed by atoms with van der Waals surface area (Å²) in [6.45, 7) is 5.13. The quantitative estimate of drug-likeness (QED) is 0.869. The summed E-state index contributed by atoms with van der Waals surface area (Å²) in [6.07, 6.45) is 0. The molecule has 1 aromatic rings. The van der Waals surface area contributed by atoms with E-state index >= 15 is 0 Å². The molecule has 114 valence electrons. The molecule has 0 amide bonds. The Morgan fingerprint density at radius 3 is 2.20 bits per heavy atom. The monoisotopic (exact) mass is 324 g/mol. The molecule has 0 fully saturated rings. The van der Waals surface area contributed by atoms with Crippen LogP contribution < -0.4 is 9.86 Å². The molecule has 9 heteroatoms. The van der Waals surface area contributed by atoms with Crippen LogP contribution in [0.25, 0.3) is 0 Å². The molecule has 0 aromatic heterocycles. The van der Waals surface area contributed by atoms with Crippen LogP contribution in [0, 0.1) is 11.2 Å². The van der Waals surface area contributed by atoms with Crippen molar-refractivity contribution >= 4 is 25.7 Å². The molecule has 0 unspecified atom stereocenters. The zero-order valence-corrected chi connectivity index (χ0v) is 13.0. The lowest BCUT2D eigenvalue weighted by atomic mass is 10.0. The van der Waals surface area contributed by atoms with Crippen LogP contribution >= 0.6 is 0 Å². The van der Waals surface area contributed by atoms with Crippen LogP contribution in [0.5, 0.6) is 0 Å². The largest absolute Gasteiger partial charge is 0.281 e. The van der Waals surface area contributed by atoms with Gasteiger partial charge in [0, 0.05) is 0 Å². The first-order valence-electron chi connectivity index (χ1n) is 5.63. The second-order valence-corrected chi connectivity index (χ2v) is 8.89. The zero-order valence-electron chi connectivity index (χ0n) is 11.3. The van der Waals surface area contributed by atoms with E-state index in [1.54, 1.807) is 20.8 Å². The fraction of sp³-hybridized carbons (Fsp3) is 0.455.